The van der Waals surface area contributed by atoms with Gasteiger partial charge in [-0.25, -0.2) is 22.5 Å². The summed E-state index contributed by atoms with van der Waals surface area (Å²) in [5.41, 5.74) is 2.53. The van der Waals surface area contributed by atoms with E-state index in [4.69, 9.17) is 14.5 Å². The molecule has 0 bridgehead atoms. The highest BCUT2D eigenvalue weighted by Crippen LogP contribution is 2.30. The number of carbonyl (C=O) groups is 2. The van der Waals surface area contributed by atoms with Crippen LogP contribution >= 0.6 is 0 Å². The zero-order chi connectivity index (χ0) is 29.7. The van der Waals surface area contributed by atoms with E-state index in [-0.39, 0.29) is 22.9 Å². The number of ether oxygens (including phenoxy) is 2. The number of aromatic nitrogens is 1. The Bertz CT molecular complexity index is 1510. The van der Waals surface area contributed by atoms with Gasteiger partial charge in [0.1, 0.15) is 0 Å². The number of para-hydroxylation sites is 1. The van der Waals surface area contributed by atoms with E-state index < -0.39 is 10.0 Å². The van der Waals surface area contributed by atoms with Crippen molar-refractivity contribution in [2.45, 2.75) is 43.0 Å². The Morgan fingerprint density at radius 1 is 1.00 bits per heavy atom. The number of amides is 2. The van der Waals surface area contributed by atoms with E-state index in [1.165, 1.54) is 18.4 Å². The van der Waals surface area contributed by atoms with E-state index in [0.29, 0.717) is 55.0 Å². The quantitative estimate of drug-likeness (QED) is 0.380. The number of fused-ring (bicyclic) bond motifs is 1. The second kappa shape index (κ2) is 13.2. The Morgan fingerprint density at radius 3 is 2.40 bits per heavy atom. The lowest BCUT2D eigenvalue weighted by molar-refractivity contribution is 0.0920. The molecule has 0 spiro atoms. The summed E-state index contributed by atoms with van der Waals surface area (Å²) in [4.78, 5) is 30.4. The minimum absolute atomic E-state index is 0.0397. The maximum Gasteiger partial charge on any atom is 0.407 e. The standard InChI is InChI=1S/C31H38N4O6S/c1-35(2)42(38,39)25-13-11-23(12-14-25)29-17-27(26-5-3-4-6-28(26)34-29)30(36)32-18-21-7-9-22(10-8-21)19-41-31(37)33-24-15-16-40-20-24/h3-6,11-14,17,21-22,24H,7-10,15-16,18-20H2,1-2H3,(H,32,36)(H,33,37)/t21?,22?,24-/m0/s1. The first-order valence-electron chi connectivity index (χ1n) is 14.4. The molecule has 1 aliphatic heterocycles. The maximum absolute atomic E-state index is 13.4. The average molecular weight is 595 g/mol. The Balaban J connectivity index is 1.19. The van der Waals surface area contributed by atoms with E-state index >= 15 is 0 Å². The van der Waals surface area contributed by atoms with Crippen molar-refractivity contribution in [3.05, 3.63) is 60.2 Å². The van der Waals surface area contributed by atoms with Gasteiger partial charge in [-0.1, -0.05) is 30.3 Å². The van der Waals surface area contributed by atoms with Crippen LogP contribution in [0.4, 0.5) is 4.79 Å². The Hall–Kier alpha value is -3.54. The van der Waals surface area contributed by atoms with Crippen LogP contribution in [0, 0.1) is 11.8 Å². The number of hydrogen-bond donors (Lipinski definition) is 2. The lowest BCUT2D eigenvalue weighted by Crippen LogP contribution is -2.37. The molecule has 1 aromatic heterocycles. The molecule has 2 N–H and O–H groups in total. The zero-order valence-corrected chi connectivity index (χ0v) is 24.9. The van der Waals surface area contributed by atoms with E-state index in [0.717, 1.165) is 43.1 Å². The molecule has 1 atom stereocenters. The summed E-state index contributed by atoms with van der Waals surface area (Å²) < 4.78 is 36.8. The van der Waals surface area contributed by atoms with Gasteiger partial charge in [0.05, 0.1) is 40.9 Å². The molecule has 1 saturated heterocycles. The van der Waals surface area contributed by atoms with Crippen molar-refractivity contribution >= 4 is 32.9 Å². The van der Waals surface area contributed by atoms with Gasteiger partial charge >= 0.3 is 6.09 Å². The number of sulfonamides is 1. The number of pyridine rings is 1. The minimum Gasteiger partial charge on any atom is -0.449 e. The molecule has 2 amide bonds. The Kier molecular flexibility index (Phi) is 9.40. The minimum atomic E-state index is -3.55. The number of hydrogen-bond acceptors (Lipinski definition) is 7. The van der Waals surface area contributed by atoms with Gasteiger partial charge in [-0.05, 0) is 68.2 Å². The number of nitrogens with zero attached hydrogens (tertiary/aromatic N) is 2. The van der Waals surface area contributed by atoms with Crippen molar-refractivity contribution in [1.82, 2.24) is 19.9 Å². The van der Waals surface area contributed by atoms with Gasteiger partial charge in [-0.15, -0.1) is 0 Å². The lowest BCUT2D eigenvalue weighted by Gasteiger charge is -2.28. The zero-order valence-electron chi connectivity index (χ0n) is 24.0. The van der Waals surface area contributed by atoms with Crippen LogP contribution in [0.1, 0.15) is 42.5 Å². The third-order valence-corrected chi connectivity index (χ3v) is 9.94. The molecule has 2 aromatic carbocycles. The van der Waals surface area contributed by atoms with Gasteiger partial charge < -0.3 is 20.1 Å². The van der Waals surface area contributed by atoms with Crippen molar-refractivity contribution in [2.24, 2.45) is 11.8 Å². The van der Waals surface area contributed by atoms with Crippen molar-refractivity contribution in [3.63, 3.8) is 0 Å². The van der Waals surface area contributed by atoms with Crippen LogP contribution in [0.25, 0.3) is 22.2 Å². The molecule has 3 aromatic rings. The van der Waals surface area contributed by atoms with Crippen LogP contribution in [0.2, 0.25) is 0 Å². The second-order valence-electron chi connectivity index (χ2n) is 11.3. The van der Waals surface area contributed by atoms with Crippen LogP contribution in [0.15, 0.2) is 59.5 Å². The molecule has 0 radical (unpaired) electrons. The maximum atomic E-state index is 13.4. The molecule has 0 unspecified atom stereocenters. The average Bonchev–Trinajstić information content (AvgIpc) is 3.51. The summed E-state index contributed by atoms with van der Waals surface area (Å²) in [5, 5.41) is 6.74. The summed E-state index contributed by atoms with van der Waals surface area (Å²) in [6, 6.07) is 15.9. The first-order chi connectivity index (χ1) is 20.2. The smallest absolute Gasteiger partial charge is 0.407 e. The van der Waals surface area contributed by atoms with Crippen LogP contribution in [-0.4, -0.2) is 76.2 Å². The summed E-state index contributed by atoms with van der Waals surface area (Å²) >= 11 is 0. The van der Waals surface area contributed by atoms with E-state index in [1.807, 2.05) is 24.3 Å². The summed E-state index contributed by atoms with van der Waals surface area (Å²) in [5.74, 6) is 0.515. The molecule has 42 heavy (non-hydrogen) atoms. The van der Waals surface area contributed by atoms with Gasteiger partial charge in [-0.2, -0.15) is 0 Å². The molecular formula is C31H38N4O6S. The molecule has 2 heterocycles. The van der Waals surface area contributed by atoms with E-state index in [2.05, 4.69) is 10.6 Å². The van der Waals surface area contributed by atoms with Crippen molar-refractivity contribution in [3.8, 4) is 11.3 Å². The lowest BCUT2D eigenvalue weighted by atomic mass is 9.82. The van der Waals surface area contributed by atoms with Crippen molar-refractivity contribution < 1.29 is 27.5 Å². The molecule has 2 fully saturated rings. The van der Waals surface area contributed by atoms with Crippen molar-refractivity contribution in [1.29, 1.82) is 0 Å². The van der Waals surface area contributed by atoms with Gasteiger partial charge in [0.25, 0.3) is 5.91 Å². The van der Waals surface area contributed by atoms with Crippen molar-refractivity contribution in [2.75, 3.05) is 40.5 Å². The predicted molar refractivity (Wildman–Crippen MR) is 160 cm³/mol. The summed E-state index contributed by atoms with van der Waals surface area (Å²) in [7, 11) is -0.557. The van der Waals surface area contributed by atoms with Crippen LogP contribution in [0.3, 0.4) is 0 Å². The molecule has 10 nitrogen and oxygen atoms in total. The van der Waals surface area contributed by atoms with E-state index in [1.54, 1.807) is 30.3 Å². The van der Waals surface area contributed by atoms with Crippen LogP contribution in [-0.2, 0) is 19.5 Å². The first kappa shape index (κ1) is 29.9. The topological polar surface area (TPSA) is 127 Å². The first-order valence-corrected chi connectivity index (χ1v) is 15.9. The second-order valence-corrected chi connectivity index (χ2v) is 13.4. The molecule has 1 aliphatic carbocycles. The molecular weight excluding hydrogens is 556 g/mol. The number of alkyl carbamates (subject to hydrolysis) is 1. The fraction of sp³-hybridized carbons (Fsp3) is 0.452. The van der Waals surface area contributed by atoms with E-state index in [9.17, 15) is 18.0 Å². The highest BCUT2D eigenvalue weighted by Gasteiger charge is 2.25. The van der Waals surface area contributed by atoms with Gasteiger partial charge in [0, 0.05) is 38.2 Å². The predicted octanol–water partition coefficient (Wildman–Crippen LogP) is 4.20. The summed E-state index contributed by atoms with van der Waals surface area (Å²) in [6.45, 7) is 2.19. The third kappa shape index (κ3) is 7.08. The summed E-state index contributed by atoms with van der Waals surface area (Å²) in [6.07, 6.45) is 4.25. The monoisotopic (exact) mass is 594 g/mol. The fourth-order valence-corrected chi connectivity index (χ4v) is 6.41. The number of benzene rings is 2. The number of rotatable bonds is 9. The van der Waals surface area contributed by atoms with Crippen LogP contribution in [0.5, 0.6) is 0 Å². The molecule has 5 rings (SSSR count). The molecule has 224 valence electrons. The molecule has 11 heteroatoms. The molecule has 2 aliphatic rings. The van der Waals surface area contributed by atoms with Gasteiger partial charge in [0.2, 0.25) is 10.0 Å². The fourth-order valence-electron chi connectivity index (χ4n) is 5.50. The highest BCUT2D eigenvalue weighted by atomic mass is 32.2. The van der Waals surface area contributed by atoms with Gasteiger partial charge in [0.15, 0.2) is 0 Å². The van der Waals surface area contributed by atoms with Crippen LogP contribution < -0.4 is 10.6 Å². The number of nitrogens with one attached hydrogen (secondary N) is 2. The SMILES string of the molecule is CN(C)S(=O)(=O)c1ccc(-c2cc(C(=O)NCC3CCC(COC(=O)N[C@H]4CCOC4)CC3)c3ccccc3n2)cc1. The number of carbonyl (C=O) groups excluding carboxylic acids is 2. The normalized spacial score (nSPS) is 20.9. The Morgan fingerprint density at radius 2 is 1.71 bits per heavy atom. The third-order valence-electron chi connectivity index (χ3n) is 8.11. The Labute approximate surface area is 246 Å². The highest BCUT2D eigenvalue weighted by molar-refractivity contribution is 7.89. The largest absolute Gasteiger partial charge is 0.449 e. The molecule has 1 saturated carbocycles. The van der Waals surface area contributed by atoms with Gasteiger partial charge in [-0.3, -0.25) is 4.79 Å².